The monoisotopic (exact) mass is 416 g/mol. The van der Waals surface area contributed by atoms with E-state index in [4.69, 9.17) is 0 Å². The third-order valence-corrected chi connectivity index (χ3v) is 7.27. The van der Waals surface area contributed by atoms with E-state index in [-0.39, 0.29) is 11.7 Å². The molecule has 0 spiro atoms. The first-order chi connectivity index (χ1) is 13.6. The molecular weight excluding hydrogens is 388 g/mol. The van der Waals surface area contributed by atoms with Gasteiger partial charge in [0.2, 0.25) is 5.91 Å². The average molecular weight is 417 g/mol. The lowest BCUT2D eigenvalue weighted by Crippen LogP contribution is -2.31. The maximum atomic E-state index is 12.3. The van der Waals surface area contributed by atoms with Gasteiger partial charge in [-0.15, -0.1) is 11.3 Å². The smallest absolute Gasteiger partial charge is 0.226 e. The number of Topliss-reactive ketones (excluding diaryl/α,β-unsaturated/α-hetero) is 1. The summed E-state index contributed by atoms with van der Waals surface area (Å²) < 4.78 is 0.841. The molecule has 28 heavy (non-hydrogen) atoms. The van der Waals surface area contributed by atoms with Crippen LogP contribution in [-0.4, -0.2) is 29.0 Å². The van der Waals surface area contributed by atoms with Crippen molar-refractivity contribution in [3.63, 3.8) is 0 Å². The van der Waals surface area contributed by atoms with Crippen LogP contribution in [0, 0.1) is 5.92 Å². The Labute approximate surface area is 175 Å². The predicted molar refractivity (Wildman–Crippen MR) is 116 cm³/mol. The zero-order valence-electron chi connectivity index (χ0n) is 16.4. The molecule has 1 amide bonds. The van der Waals surface area contributed by atoms with Crippen LogP contribution in [-0.2, 0) is 17.6 Å². The number of carbonyl (C=O) groups is 2. The molecule has 1 N–H and O–H groups in total. The van der Waals surface area contributed by atoms with E-state index in [2.05, 4.69) is 17.2 Å². The van der Waals surface area contributed by atoms with Crippen LogP contribution in [0.5, 0.6) is 0 Å². The van der Waals surface area contributed by atoms with E-state index in [1.165, 1.54) is 60.8 Å². The summed E-state index contributed by atoms with van der Waals surface area (Å²) in [5.41, 5.74) is 2.76. The number of thioether (sulfide) groups is 1. The van der Waals surface area contributed by atoms with Gasteiger partial charge in [-0.1, -0.05) is 62.2 Å². The first-order valence-electron chi connectivity index (χ1n) is 10.1. The molecule has 1 aliphatic rings. The number of hydrogen-bond acceptors (Lipinski definition) is 5. The summed E-state index contributed by atoms with van der Waals surface area (Å²) in [6.07, 6.45) is 7.65. The number of ketones is 1. The Balaban J connectivity index is 1.41. The molecular formula is C22H28N2O2S2. The van der Waals surface area contributed by atoms with Gasteiger partial charge in [0.15, 0.2) is 10.1 Å². The van der Waals surface area contributed by atoms with Crippen molar-refractivity contribution in [3.05, 3.63) is 46.5 Å². The number of benzene rings is 1. The van der Waals surface area contributed by atoms with Gasteiger partial charge in [0.1, 0.15) is 0 Å². The molecule has 0 radical (unpaired) electrons. The van der Waals surface area contributed by atoms with Crippen LogP contribution in [0.2, 0.25) is 0 Å². The Bertz CT molecular complexity index is 780. The van der Waals surface area contributed by atoms with Crippen LogP contribution in [0.25, 0.3) is 0 Å². The van der Waals surface area contributed by atoms with Crippen molar-refractivity contribution >= 4 is 34.8 Å². The van der Waals surface area contributed by atoms with E-state index in [0.29, 0.717) is 18.1 Å². The molecule has 150 valence electrons. The lowest BCUT2D eigenvalue weighted by Gasteiger charge is -2.21. The van der Waals surface area contributed by atoms with Crippen LogP contribution in [0.4, 0.5) is 0 Å². The normalized spacial score (nSPS) is 14.8. The summed E-state index contributed by atoms with van der Waals surface area (Å²) in [6, 6.07) is 7.80. The summed E-state index contributed by atoms with van der Waals surface area (Å²) >= 11 is 2.94. The minimum Gasteiger partial charge on any atom is -0.355 e. The third kappa shape index (κ3) is 6.45. The molecule has 1 aromatic carbocycles. The molecule has 3 rings (SSSR count). The van der Waals surface area contributed by atoms with Gasteiger partial charge >= 0.3 is 0 Å². The fraction of sp³-hybridized carbons (Fsp3) is 0.500. The highest BCUT2D eigenvalue weighted by Crippen LogP contribution is 2.25. The Kier molecular flexibility index (Phi) is 8.10. The Morgan fingerprint density at radius 2 is 1.93 bits per heavy atom. The van der Waals surface area contributed by atoms with Gasteiger partial charge in [0.05, 0.1) is 17.9 Å². The van der Waals surface area contributed by atoms with Gasteiger partial charge in [-0.25, -0.2) is 4.98 Å². The zero-order chi connectivity index (χ0) is 19.8. The summed E-state index contributed by atoms with van der Waals surface area (Å²) in [5.74, 6) is 1.15. The molecule has 0 aliphatic heterocycles. The number of rotatable bonds is 9. The molecule has 4 nitrogen and oxygen atoms in total. The van der Waals surface area contributed by atoms with E-state index in [0.717, 1.165) is 28.6 Å². The van der Waals surface area contributed by atoms with E-state index in [1.807, 2.05) is 29.6 Å². The zero-order valence-corrected chi connectivity index (χ0v) is 18.0. The lowest BCUT2D eigenvalue weighted by molar-refractivity contribution is -0.120. The number of aryl methyl sites for hydroxylation is 1. The van der Waals surface area contributed by atoms with E-state index >= 15 is 0 Å². The quantitative estimate of drug-likeness (QED) is 0.466. The number of hydrogen-bond donors (Lipinski definition) is 1. The van der Waals surface area contributed by atoms with Crippen LogP contribution in [0.1, 0.15) is 60.6 Å². The maximum Gasteiger partial charge on any atom is 0.226 e. The Morgan fingerprint density at radius 1 is 1.18 bits per heavy atom. The molecule has 0 bridgehead atoms. The number of carbonyl (C=O) groups excluding carboxylic acids is 2. The van der Waals surface area contributed by atoms with Gasteiger partial charge in [-0.2, -0.15) is 0 Å². The van der Waals surface area contributed by atoms with Gasteiger partial charge < -0.3 is 5.32 Å². The highest BCUT2D eigenvalue weighted by Gasteiger charge is 2.15. The average Bonchev–Trinajstić information content (AvgIpc) is 3.18. The molecule has 1 heterocycles. The molecule has 0 unspecified atom stereocenters. The van der Waals surface area contributed by atoms with Crippen molar-refractivity contribution in [1.29, 1.82) is 0 Å². The SMILES string of the molecule is CCc1ccc(C(=O)CSc2nc(CC(=O)NCC3CCCCC3)cs2)cc1. The number of amides is 1. The van der Waals surface area contributed by atoms with E-state index in [1.54, 1.807) is 0 Å². The summed E-state index contributed by atoms with van der Waals surface area (Å²) in [4.78, 5) is 29.0. The number of nitrogens with zero attached hydrogens (tertiary/aromatic N) is 1. The highest BCUT2D eigenvalue weighted by atomic mass is 32.2. The second kappa shape index (κ2) is 10.8. The van der Waals surface area contributed by atoms with Gasteiger partial charge in [-0.05, 0) is 30.7 Å². The molecule has 1 fully saturated rings. The number of nitrogens with one attached hydrogen (secondary N) is 1. The number of aromatic nitrogens is 1. The molecule has 2 aromatic rings. The lowest BCUT2D eigenvalue weighted by atomic mass is 9.89. The predicted octanol–water partition coefficient (Wildman–Crippen LogP) is 4.92. The van der Waals surface area contributed by atoms with Crippen LogP contribution < -0.4 is 5.32 Å². The second-order valence-electron chi connectivity index (χ2n) is 7.35. The standard InChI is InChI=1S/C22H28N2O2S2/c1-2-16-8-10-18(11-9-16)20(25)15-28-22-24-19(14-27-22)12-21(26)23-13-17-6-4-3-5-7-17/h8-11,14,17H,2-7,12-13,15H2,1H3,(H,23,26). The Morgan fingerprint density at radius 3 is 2.64 bits per heavy atom. The molecule has 6 heteroatoms. The van der Waals surface area contributed by atoms with Crippen molar-refractivity contribution in [3.8, 4) is 0 Å². The fourth-order valence-electron chi connectivity index (χ4n) is 3.45. The first-order valence-corrected chi connectivity index (χ1v) is 12.0. The maximum absolute atomic E-state index is 12.3. The highest BCUT2D eigenvalue weighted by molar-refractivity contribution is 8.01. The Hall–Kier alpha value is -1.66. The largest absolute Gasteiger partial charge is 0.355 e. The van der Waals surface area contributed by atoms with Crippen molar-refractivity contribution in [1.82, 2.24) is 10.3 Å². The minimum absolute atomic E-state index is 0.0412. The third-order valence-electron chi connectivity index (χ3n) is 5.20. The van der Waals surface area contributed by atoms with Crippen LogP contribution >= 0.6 is 23.1 Å². The molecule has 1 saturated carbocycles. The van der Waals surface area contributed by atoms with Crippen molar-refractivity contribution < 1.29 is 9.59 Å². The van der Waals surface area contributed by atoms with Crippen LogP contribution in [0.3, 0.4) is 0 Å². The molecule has 1 aromatic heterocycles. The van der Waals surface area contributed by atoms with Crippen LogP contribution in [0.15, 0.2) is 34.0 Å². The van der Waals surface area contributed by atoms with Gasteiger partial charge in [0, 0.05) is 17.5 Å². The van der Waals surface area contributed by atoms with Crippen molar-refractivity contribution in [2.75, 3.05) is 12.3 Å². The summed E-state index contributed by atoms with van der Waals surface area (Å²) in [5, 5.41) is 4.98. The minimum atomic E-state index is 0.0412. The molecule has 0 saturated heterocycles. The fourth-order valence-corrected chi connectivity index (χ4v) is 5.19. The van der Waals surface area contributed by atoms with E-state index in [9.17, 15) is 9.59 Å². The summed E-state index contributed by atoms with van der Waals surface area (Å²) in [7, 11) is 0. The summed E-state index contributed by atoms with van der Waals surface area (Å²) in [6.45, 7) is 2.89. The topological polar surface area (TPSA) is 59.1 Å². The van der Waals surface area contributed by atoms with E-state index < -0.39 is 0 Å². The molecule has 0 atom stereocenters. The van der Waals surface area contributed by atoms with Crippen molar-refractivity contribution in [2.45, 2.75) is 56.2 Å². The first kappa shape index (κ1) is 21.1. The molecule has 1 aliphatic carbocycles. The van der Waals surface area contributed by atoms with Gasteiger partial charge in [0.25, 0.3) is 0 Å². The van der Waals surface area contributed by atoms with Gasteiger partial charge in [-0.3, -0.25) is 9.59 Å². The second-order valence-corrected chi connectivity index (χ2v) is 9.43. The van der Waals surface area contributed by atoms with Crippen molar-refractivity contribution in [2.24, 2.45) is 5.92 Å². The number of thiazole rings is 1.